The van der Waals surface area contributed by atoms with Crippen molar-refractivity contribution in [2.24, 2.45) is 0 Å². The number of hydrogen-bond acceptors (Lipinski definition) is 3. The molecule has 0 aliphatic carbocycles. The molecule has 0 fully saturated rings. The average molecular weight is 360 g/mol. The summed E-state index contributed by atoms with van der Waals surface area (Å²) in [6, 6.07) is 17.4. The summed E-state index contributed by atoms with van der Waals surface area (Å²) in [5.41, 5.74) is 3.09. The minimum atomic E-state index is -3.47. The van der Waals surface area contributed by atoms with Gasteiger partial charge in [-0.3, -0.25) is 4.79 Å². The lowest BCUT2D eigenvalue weighted by molar-refractivity contribution is -0.121. The second-order valence-electron chi connectivity index (χ2n) is 6.10. The van der Waals surface area contributed by atoms with E-state index in [0.717, 1.165) is 22.9 Å². The van der Waals surface area contributed by atoms with Crippen LogP contribution < -0.4 is 5.32 Å². The Bertz CT molecular complexity index is 787. The van der Waals surface area contributed by atoms with Gasteiger partial charge in [0, 0.05) is 13.1 Å². The second kappa shape index (κ2) is 8.78. The smallest absolute Gasteiger partial charge is 0.235 e. The Kier molecular flexibility index (Phi) is 6.73. The summed E-state index contributed by atoms with van der Waals surface area (Å²) in [4.78, 5) is 12.1. The molecule has 0 aliphatic rings. The molecule has 1 N–H and O–H groups in total. The quantitative estimate of drug-likeness (QED) is 0.784. The fraction of sp³-hybridized carbons (Fsp3) is 0.316. The highest BCUT2D eigenvalue weighted by Gasteiger charge is 2.20. The predicted octanol–water partition coefficient (Wildman–Crippen LogP) is 2.12. The minimum absolute atomic E-state index is 0.179. The number of benzene rings is 2. The van der Waals surface area contributed by atoms with Gasteiger partial charge in [0.05, 0.1) is 12.8 Å². The van der Waals surface area contributed by atoms with Crippen molar-refractivity contribution < 1.29 is 13.2 Å². The molecule has 0 radical (unpaired) electrons. The third kappa shape index (κ3) is 6.68. The minimum Gasteiger partial charge on any atom is -0.355 e. The highest BCUT2D eigenvalue weighted by Crippen LogP contribution is 2.09. The topological polar surface area (TPSA) is 66.5 Å². The summed E-state index contributed by atoms with van der Waals surface area (Å²) in [5.74, 6) is -0.298. The molecule has 1 amide bonds. The van der Waals surface area contributed by atoms with Crippen LogP contribution in [0.5, 0.6) is 0 Å². The van der Waals surface area contributed by atoms with Crippen LogP contribution >= 0.6 is 0 Å². The molecule has 2 aromatic carbocycles. The largest absolute Gasteiger partial charge is 0.355 e. The van der Waals surface area contributed by atoms with Gasteiger partial charge in [-0.05, 0) is 24.5 Å². The monoisotopic (exact) mass is 360 g/mol. The van der Waals surface area contributed by atoms with Crippen LogP contribution in [0.2, 0.25) is 0 Å². The van der Waals surface area contributed by atoms with Crippen LogP contribution in [0.1, 0.15) is 16.7 Å². The number of sulfonamides is 1. The van der Waals surface area contributed by atoms with Crippen LogP contribution in [0.25, 0.3) is 0 Å². The van der Waals surface area contributed by atoms with Crippen molar-refractivity contribution in [1.29, 1.82) is 0 Å². The Morgan fingerprint density at radius 2 is 1.64 bits per heavy atom. The molecule has 0 heterocycles. The number of nitrogens with zero attached hydrogens (tertiary/aromatic N) is 1. The van der Waals surface area contributed by atoms with Crippen LogP contribution in [-0.2, 0) is 27.8 Å². The number of nitrogens with one attached hydrogen (secondary N) is 1. The Labute approximate surface area is 149 Å². The summed E-state index contributed by atoms with van der Waals surface area (Å²) in [7, 11) is -3.47. The van der Waals surface area contributed by atoms with Gasteiger partial charge in [-0.1, -0.05) is 60.2 Å². The first-order valence-electron chi connectivity index (χ1n) is 8.16. The molecule has 2 aromatic rings. The Morgan fingerprint density at radius 3 is 2.24 bits per heavy atom. The highest BCUT2D eigenvalue weighted by molar-refractivity contribution is 7.88. The van der Waals surface area contributed by atoms with E-state index < -0.39 is 10.0 Å². The van der Waals surface area contributed by atoms with Crippen LogP contribution in [-0.4, -0.2) is 38.0 Å². The molecular formula is C19H24N2O3S. The first-order valence-corrected chi connectivity index (χ1v) is 10.0. The van der Waals surface area contributed by atoms with Crippen LogP contribution in [0.4, 0.5) is 0 Å². The molecule has 5 nitrogen and oxygen atoms in total. The zero-order chi connectivity index (χ0) is 18.3. The van der Waals surface area contributed by atoms with E-state index >= 15 is 0 Å². The molecule has 0 spiro atoms. The lowest BCUT2D eigenvalue weighted by atomic mass is 10.1. The number of hydrogen-bond donors (Lipinski definition) is 1. The van der Waals surface area contributed by atoms with Crippen LogP contribution in [0.15, 0.2) is 54.6 Å². The van der Waals surface area contributed by atoms with Crippen LogP contribution in [0.3, 0.4) is 0 Å². The van der Waals surface area contributed by atoms with Gasteiger partial charge < -0.3 is 5.32 Å². The van der Waals surface area contributed by atoms with Gasteiger partial charge in [0.1, 0.15) is 0 Å². The van der Waals surface area contributed by atoms with Gasteiger partial charge in [0.25, 0.3) is 0 Å². The average Bonchev–Trinajstić information content (AvgIpc) is 2.56. The molecule has 134 valence electrons. The molecule has 0 unspecified atom stereocenters. The zero-order valence-electron chi connectivity index (χ0n) is 14.6. The van der Waals surface area contributed by atoms with Crippen molar-refractivity contribution in [2.45, 2.75) is 19.9 Å². The van der Waals surface area contributed by atoms with E-state index in [1.807, 2.05) is 61.5 Å². The molecular weight excluding hydrogens is 336 g/mol. The van der Waals surface area contributed by atoms with E-state index in [0.29, 0.717) is 13.0 Å². The molecule has 0 aliphatic heterocycles. The maximum Gasteiger partial charge on any atom is 0.235 e. The van der Waals surface area contributed by atoms with Gasteiger partial charge in [0.15, 0.2) is 0 Å². The third-order valence-corrected chi connectivity index (χ3v) is 5.04. The van der Waals surface area contributed by atoms with Crippen LogP contribution in [0, 0.1) is 6.92 Å². The SMILES string of the molecule is Cc1ccc(CN(CC(=O)NCCc2ccccc2)S(C)(=O)=O)cc1. The lowest BCUT2D eigenvalue weighted by Gasteiger charge is -2.19. The number of amides is 1. The predicted molar refractivity (Wildman–Crippen MR) is 99.6 cm³/mol. The van der Waals surface area contributed by atoms with Gasteiger partial charge in [-0.15, -0.1) is 0 Å². The van der Waals surface area contributed by atoms with E-state index in [-0.39, 0.29) is 19.0 Å². The van der Waals surface area contributed by atoms with E-state index in [2.05, 4.69) is 5.32 Å². The fourth-order valence-corrected chi connectivity index (χ4v) is 3.13. The van der Waals surface area contributed by atoms with Gasteiger partial charge >= 0.3 is 0 Å². The van der Waals surface area contributed by atoms with Crippen molar-refractivity contribution in [2.75, 3.05) is 19.3 Å². The molecule has 0 atom stereocenters. The third-order valence-electron chi connectivity index (χ3n) is 3.85. The highest BCUT2D eigenvalue weighted by atomic mass is 32.2. The van der Waals surface area contributed by atoms with Crippen molar-refractivity contribution in [3.63, 3.8) is 0 Å². The molecule has 0 bridgehead atoms. The van der Waals surface area contributed by atoms with Crippen molar-refractivity contribution in [3.8, 4) is 0 Å². The first kappa shape index (κ1) is 19.1. The Morgan fingerprint density at radius 1 is 1.00 bits per heavy atom. The Balaban J connectivity index is 1.90. The van der Waals surface area contributed by atoms with Gasteiger partial charge in [0.2, 0.25) is 15.9 Å². The molecule has 2 rings (SSSR count). The summed E-state index contributed by atoms with van der Waals surface area (Å²) < 4.78 is 25.1. The molecule has 25 heavy (non-hydrogen) atoms. The normalized spacial score (nSPS) is 11.5. The van der Waals surface area contributed by atoms with Gasteiger partial charge in [-0.2, -0.15) is 4.31 Å². The zero-order valence-corrected chi connectivity index (χ0v) is 15.4. The number of carbonyl (C=O) groups is 1. The van der Waals surface area contributed by atoms with Crippen molar-refractivity contribution in [3.05, 3.63) is 71.3 Å². The fourth-order valence-electron chi connectivity index (χ4n) is 2.39. The lowest BCUT2D eigenvalue weighted by Crippen LogP contribution is -2.40. The molecule has 6 heteroatoms. The second-order valence-corrected chi connectivity index (χ2v) is 8.08. The van der Waals surface area contributed by atoms with Crippen molar-refractivity contribution >= 4 is 15.9 Å². The standard InChI is InChI=1S/C19H24N2O3S/c1-16-8-10-18(11-9-16)14-21(25(2,23)24)15-19(22)20-13-12-17-6-4-3-5-7-17/h3-11H,12-15H2,1-2H3,(H,20,22). The van der Waals surface area contributed by atoms with Gasteiger partial charge in [-0.25, -0.2) is 8.42 Å². The van der Waals surface area contributed by atoms with E-state index in [4.69, 9.17) is 0 Å². The molecule has 0 saturated carbocycles. The Hall–Kier alpha value is -2.18. The number of carbonyl (C=O) groups excluding carboxylic acids is 1. The van der Waals surface area contributed by atoms with E-state index in [1.54, 1.807) is 0 Å². The maximum absolute atomic E-state index is 12.1. The van der Waals surface area contributed by atoms with Crippen molar-refractivity contribution in [1.82, 2.24) is 9.62 Å². The van der Waals surface area contributed by atoms with E-state index in [1.165, 1.54) is 4.31 Å². The molecule has 0 aromatic heterocycles. The number of aryl methyl sites for hydroxylation is 1. The summed E-state index contributed by atoms with van der Waals surface area (Å²) in [6.45, 7) is 2.45. The maximum atomic E-state index is 12.1. The summed E-state index contributed by atoms with van der Waals surface area (Å²) in [6.07, 6.45) is 1.84. The number of rotatable bonds is 8. The summed E-state index contributed by atoms with van der Waals surface area (Å²) >= 11 is 0. The van der Waals surface area contributed by atoms with E-state index in [9.17, 15) is 13.2 Å². The summed E-state index contributed by atoms with van der Waals surface area (Å²) in [5, 5.41) is 2.78. The molecule has 0 saturated heterocycles. The first-order chi connectivity index (χ1) is 11.8.